The van der Waals surface area contributed by atoms with Crippen molar-refractivity contribution < 1.29 is 14.7 Å². The molecule has 2 unspecified atom stereocenters. The molecule has 24 heavy (non-hydrogen) atoms. The molecule has 0 aliphatic carbocycles. The number of carboxylic acid groups (broad SMARTS) is 1. The highest BCUT2D eigenvalue weighted by Gasteiger charge is 2.39. The second kappa shape index (κ2) is 6.28. The molecule has 2 aliphatic heterocycles. The van der Waals surface area contributed by atoms with Crippen LogP contribution in [0.5, 0.6) is 0 Å². The Morgan fingerprint density at radius 2 is 2.12 bits per heavy atom. The van der Waals surface area contributed by atoms with Crippen molar-refractivity contribution in [3.8, 4) is 0 Å². The molecule has 1 aromatic rings. The SMILES string of the molecule is CN1C(CNc2ccc(C(=O)O)cc2)CNC2=NC(N)=NC(=O)C21. The van der Waals surface area contributed by atoms with Crippen LogP contribution >= 0.6 is 0 Å². The normalized spacial score (nSPS) is 23.6. The minimum atomic E-state index is -0.958. The third kappa shape index (κ3) is 3.06. The quantitative estimate of drug-likeness (QED) is 0.575. The number of hydrogen-bond donors (Lipinski definition) is 4. The van der Waals surface area contributed by atoms with Crippen molar-refractivity contribution in [3.05, 3.63) is 29.8 Å². The lowest BCUT2D eigenvalue weighted by atomic mass is 10.1. The Labute approximate surface area is 138 Å². The molecule has 0 aromatic heterocycles. The van der Waals surface area contributed by atoms with Crippen molar-refractivity contribution >= 4 is 29.4 Å². The molecule has 9 nitrogen and oxygen atoms in total. The molecule has 0 radical (unpaired) electrons. The summed E-state index contributed by atoms with van der Waals surface area (Å²) in [5, 5.41) is 15.3. The van der Waals surface area contributed by atoms with Crippen LogP contribution in [-0.4, -0.2) is 65.9 Å². The summed E-state index contributed by atoms with van der Waals surface area (Å²) in [7, 11) is 1.84. The molecule has 1 saturated heterocycles. The minimum absolute atomic E-state index is 0.0257. The Bertz CT molecular complexity index is 727. The summed E-state index contributed by atoms with van der Waals surface area (Å²) < 4.78 is 0. The van der Waals surface area contributed by atoms with Gasteiger partial charge in [-0.3, -0.25) is 9.69 Å². The summed E-state index contributed by atoms with van der Waals surface area (Å²) in [6.45, 7) is 1.18. The van der Waals surface area contributed by atoms with E-state index in [0.29, 0.717) is 18.9 Å². The second-order valence-corrected chi connectivity index (χ2v) is 5.67. The zero-order valence-electron chi connectivity index (χ0n) is 13.1. The number of likely N-dealkylation sites (N-methyl/N-ethyl adjacent to an activating group) is 1. The van der Waals surface area contributed by atoms with Crippen molar-refractivity contribution in [2.45, 2.75) is 12.1 Å². The first kappa shape index (κ1) is 15.9. The Morgan fingerprint density at radius 3 is 2.79 bits per heavy atom. The average molecular weight is 330 g/mol. The van der Waals surface area contributed by atoms with Gasteiger partial charge >= 0.3 is 5.97 Å². The lowest BCUT2D eigenvalue weighted by Crippen LogP contribution is -2.64. The van der Waals surface area contributed by atoms with Gasteiger partial charge in [0, 0.05) is 24.8 Å². The molecule has 126 valence electrons. The monoisotopic (exact) mass is 330 g/mol. The average Bonchev–Trinajstić information content (AvgIpc) is 2.54. The summed E-state index contributed by atoms with van der Waals surface area (Å²) in [6.07, 6.45) is 0. The third-order valence-electron chi connectivity index (χ3n) is 4.13. The van der Waals surface area contributed by atoms with Crippen LogP contribution in [0.4, 0.5) is 5.69 Å². The summed E-state index contributed by atoms with van der Waals surface area (Å²) in [5.74, 6) is -0.789. The molecule has 1 fully saturated rings. The van der Waals surface area contributed by atoms with E-state index in [-0.39, 0.29) is 23.5 Å². The van der Waals surface area contributed by atoms with E-state index in [0.717, 1.165) is 5.69 Å². The topological polar surface area (TPSA) is 132 Å². The summed E-state index contributed by atoms with van der Waals surface area (Å²) in [5.41, 5.74) is 6.56. The highest BCUT2D eigenvalue weighted by Crippen LogP contribution is 2.16. The number of anilines is 1. The maximum absolute atomic E-state index is 12.1. The van der Waals surface area contributed by atoms with Gasteiger partial charge in [0.1, 0.15) is 5.84 Å². The number of aromatic carboxylic acids is 1. The predicted molar refractivity (Wildman–Crippen MR) is 89.3 cm³/mol. The van der Waals surface area contributed by atoms with Crippen LogP contribution in [0.2, 0.25) is 0 Å². The first-order valence-corrected chi connectivity index (χ1v) is 7.45. The number of piperazine rings is 1. The van der Waals surface area contributed by atoms with Crippen LogP contribution in [-0.2, 0) is 4.79 Å². The van der Waals surface area contributed by atoms with Gasteiger partial charge in [-0.1, -0.05) is 0 Å². The molecule has 5 N–H and O–H groups in total. The number of guanidine groups is 1. The van der Waals surface area contributed by atoms with Gasteiger partial charge in [-0.15, -0.1) is 0 Å². The van der Waals surface area contributed by atoms with Gasteiger partial charge in [0.25, 0.3) is 5.91 Å². The van der Waals surface area contributed by atoms with E-state index < -0.39 is 12.0 Å². The number of nitrogens with two attached hydrogens (primary N) is 1. The van der Waals surface area contributed by atoms with Crippen molar-refractivity contribution in [1.29, 1.82) is 0 Å². The number of amides is 1. The number of carbonyl (C=O) groups is 2. The fourth-order valence-corrected chi connectivity index (χ4v) is 2.76. The fourth-order valence-electron chi connectivity index (χ4n) is 2.76. The molecule has 3 rings (SSSR count). The highest BCUT2D eigenvalue weighted by atomic mass is 16.4. The lowest BCUT2D eigenvalue weighted by Gasteiger charge is -2.40. The molecular weight excluding hydrogens is 312 g/mol. The number of fused-ring (bicyclic) bond motifs is 1. The van der Waals surface area contributed by atoms with E-state index in [1.54, 1.807) is 24.3 Å². The van der Waals surface area contributed by atoms with Crippen molar-refractivity contribution in [1.82, 2.24) is 10.2 Å². The number of nitrogens with zero attached hydrogens (tertiary/aromatic N) is 3. The Hall–Kier alpha value is -2.94. The number of benzene rings is 1. The van der Waals surface area contributed by atoms with Crippen LogP contribution in [0.1, 0.15) is 10.4 Å². The Balaban J connectivity index is 1.64. The van der Waals surface area contributed by atoms with E-state index >= 15 is 0 Å². The van der Waals surface area contributed by atoms with Crippen LogP contribution in [0.3, 0.4) is 0 Å². The number of amidine groups is 1. The zero-order valence-corrected chi connectivity index (χ0v) is 13.1. The fraction of sp³-hybridized carbons (Fsp3) is 0.333. The Morgan fingerprint density at radius 1 is 1.42 bits per heavy atom. The van der Waals surface area contributed by atoms with Gasteiger partial charge in [0.15, 0.2) is 6.04 Å². The predicted octanol–water partition coefficient (Wildman–Crippen LogP) is -0.678. The molecule has 0 saturated carbocycles. The summed E-state index contributed by atoms with van der Waals surface area (Å²) in [4.78, 5) is 32.6. The number of hydrogen-bond acceptors (Lipinski definition) is 7. The standard InChI is InChI=1S/C15H18N6O3/c1-21-10(6-17-9-4-2-8(3-5-9)14(23)24)7-18-12-11(21)13(22)20-15(16)19-12/h2-5,10-11,17H,6-7H2,1H3,(H,23,24)(H3,16,18,19,20,22). The number of nitrogens with one attached hydrogen (secondary N) is 2. The van der Waals surface area contributed by atoms with Gasteiger partial charge in [0.05, 0.1) is 5.56 Å². The van der Waals surface area contributed by atoms with Crippen LogP contribution < -0.4 is 16.4 Å². The largest absolute Gasteiger partial charge is 0.478 e. The van der Waals surface area contributed by atoms with Crippen LogP contribution in [0, 0.1) is 0 Å². The van der Waals surface area contributed by atoms with Gasteiger partial charge in [-0.2, -0.15) is 9.98 Å². The molecule has 1 aromatic carbocycles. The van der Waals surface area contributed by atoms with Crippen LogP contribution in [0.25, 0.3) is 0 Å². The van der Waals surface area contributed by atoms with E-state index in [1.807, 2.05) is 11.9 Å². The first-order chi connectivity index (χ1) is 11.5. The maximum Gasteiger partial charge on any atom is 0.335 e. The number of carboxylic acids is 1. The summed E-state index contributed by atoms with van der Waals surface area (Å²) in [6, 6.07) is 5.99. The molecule has 2 heterocycles. The van der Waals surface area contributed by atoms with E-state index in [4.69, 9.17) is 10.8 Å². The number of carbonyl (C=O) groups excluding carboxylic acids is 1. The smallest absolute Gasteiger partial charge is 0.335 e. The van der Waals surface area contributed by atoms with Gasteiger partial charge < -0.3 is 21.5 Å². The zero-order chi connectivity index (χ0) is 17.3. The molecule has 0 spiro atoms. The van der Waals surface area contributed by atoms with Crippen LogP contribution in [0.15, 0.2) is 34.3 Å². The maximum atomic E-state index is 12.1. The number of aliphatic imine (C=N–C) groups is 2. The molecule has 2 atom stereocenters. The lowest BCUT2D eigenvalue weighted by molar-refractivity contribution is -0.121. The first-order valence-electron chi connectivity index (χ1n) is 7.45. The molecular formula is C15H18N6O3. The summed E-state index contributed by atoms with van der Waals surface area (Å²) >= 11 is 0. The molecule has 0 bridgehead atoms. The number of rotatable bonds is 4. The third-order valence-corrected chi connectivity index (χ3v) is 4.13. The van der Waals surface area contributed by atoms with Gasteiger partial charge in [0.2, 0.25) is 5.96 Å². The molecule has 1 amide bonds. The Kier molecular flexibility index (Phi) is 4.17. The van der Waals surface area contributed by atoms with E-state index in [1.165, 1.54) is 0 Å². The van der Waals surface area contributed by atoms with Gasteiger partial charge in [-0.05, 0) is 31.3 Å². The molecule has 9 heteroatoms. The van der Waals surface area contributed by atoms with Crippen molar-refractivity contribution in [3.63, 3.8) is 0 Å². The van der Waals surface area contributed by atoms with Crippen molar-refractivity contribution in [2.24, 2.45) is 15.7 Å². The highest BCUT2D eigenvalue weighted by molar-refractivity contribution is 6.17. The van der Waals surface area contributed by atoms with E-state index in [2.05, 4.69) is 20.6 Å². The molecule has 2 aliphatic rings. The minimum Gasteiger partial charge on any atom is -0.478 e. The second-order valence-electron chi connectivity index (χ2n) is 5.67. The van der Waals surface area contributed by atoms with E-state index in [9.17, 15) is 9.59 Å². The van der Waals surface area contributed by atoms with Crippen molar-refractivity contribution in [2.75, 3.05) is 25.5 Å². The van der Waals surface area contributed by atoms with Gasteiger partial charge in [-0.25, -0.2) is 4.79 Å².